The van der Waals surface area contributed by atoms with Crippen LogP contribution in [0.1, 0.15) is 11.3 Å². The highest BCUT2D eigenvalue weighted by Crippen LogP contribution is 2.01. The number of halogens is 1. The van der Waals surface area contributed by atoms with Crippen molar-refractivity contribution in [2.45, 2.75) is 6.92 Å². The third-order valence-electron chi connectivity index (χ3n) is 1.30. The van der Waals surface area contributed by atoms with Crippen LogP contribution in [0, 0.1) is 18.8 Å². The first-order valence-corrected chi connectivity index (χ1v) is 4.41. The molecule has 0 amide bonds. The Kier molecular flexibility index (Phi) is 2.72. The maximum atomic E-state index is 4.16. The van der Waals surface area contributed by atoms with Crippen LogP contribution in [0.3, 0.4) is 0 Å². The second kappa shape index (κ2) is 3.59. The number of hydrogen-bond donors (Lipinski definition) is 0. The Morgan fingerprint density at radius 1 is 1.73 bits per heavy atom. The van der Waals surface area contributed by atoms with Crippen LogP contribution in [0.25, 0.3) is 0 Å². The zero-order valence-corrected chi connectivity index (χ0v) is 8.14. The number of nitrogens with zero attached hydrogens (tertiary/aromatic N) is 2. The van der Waals surface area contributed by atoms with Gasteiger partial charge in [0.25, 0.3) is 0 Å². The summed E-state index contributed by atoms with van der Waals surface area (Å²) in [6, 6.07) is 0. The fourth-order valence-corrected chi connectivity index (χ4v) is 0.991. The maximum Gasteiger partial charge on any atom is 0.0750 e. The molecule has 0 aliphatic carbocycles. The predicted molar refractivity (Wildman–Crippen MR) is 48.6 cm³/mol. The van der Waals surface area contributed by atoms with E-state index in [1.165, 1.54) is 0 Å². The molecule has 0 aromatic carbocycles. The average Bonchev–Trinajstić information content (AvgIpc) is 2.26. The van der Waals surface area contributed by atoms with Gasteiger partial charge in [-0.25, -0.2) is 0 Å². The zero-order valence-electron chi connectivity index (χ0n) is 6.56. The van der Waals surface area contributed by atoms with Gasteiger partial charge in [0.2, 0.25) is 0 Å². The lowest BCUT2D eigenvalue weighted by atomic mass is 10.3. The Bertz CT molecular complexity index is 304. The lowest BCUT2D eigenvalue weighted by Crippen LogP contribution is -1.86. The van der Waals surface area contributed by atoms with Crippen LogP contribution in [0.4, 0.5) is 0 Å². The van der Waals surface area contributed by atoms with E-state index in [-0.39, 0.29) is 0 Å². The first kappa shape index (κ1) is 8.35. The summed E-state index contributed by atoms with van der Waals surface area (Å²) in [4.78, 5) is 0. The molecule has 1 heterocycles. The molecule has 58 valence electrons. The van der Waals surface area contributed by atoms with Crippen LogP contribution in [-0.4, -0.2) is 15.1 Å². The van der Waals surface area contributed by atoms with Gasteiger partial charge in [-0.05, 0) is 6.92 Å². The number of rotatable bonds is 0. The van der Waals surface area contributed by atoms with Crippen molar-refractivity contribution in [1.82, 2.24) is 9.78 Å². The van der Waals surface area contributed by atoms with Crippen LogP contribution in [-0.2, 0) is 7.05 Å². The minimum Gasteiger partial charge on any atom is -0.274 e. The molecule has 0 saturated heterocycles. The van der Waals surface area contributed by atoms with Crippen LogP contribution < -0.4 is 0 Å². The standard InChI is InChI=1S/C8H9BrN2/c1-7-8(4-3-5-9)6-11(2)10-7/h6H,5H2,1-2H3. The molecular weight excluding hydrogens is 204 g/mol. The van der Waals surface area contributed by atoms with Gasteiger partial charge < -0.3 is 0 Å². The molecule has 0 atom stereocenters. The van der Waals surface area contributed by atoms with E-state index in [0.29, 0.717) is 5.33 Å². The number of alkyl halides is 1. The molecule has 2 nitrogen and oxygen atoms in total. The number of aryl methyl sites for hydroxylation is 2. The van der Waals surface area contributed by atoms with Gasteiger partial charge >= 0.3 is 0 Å². The molecule has 0 bridgehead atoms. The van der Waals surface area contributed by atoms with Gasteiger partial charge in [-0.3, -0.25) is 4.68 Å². The quantitative estimate of drug-likeness (QED) is 0.471. The largest absolute Gasteiger partial charge is 0.274 e. The van der Waals surface area contributed by atoms with E-state index >= 15 is 0 Å². The molecule has 1 aromatic heterocycles. The maximum absolute atomic E-state index is 4.16. The second-order valence-corrected chi connectivity index (χ2v) is 2.80. The highest BCUT2D eigenvalue weighted by atomic mass is 79.9. The Morgan fingerprint density at radius 3 is 2.91 bits per heavy atom. The molecule has 1 aromatic rings. The first-order valence-electron chi connectivity index (χ1n) is 3.29. The Hall–Kier alpha value is -0.750. The van der Waals surface area contributed by atoms with Crippen LogP contribution in [0.5, 0.6) is 0 Å². The summed E-state index contributed by atoms with van der Waals surface area (Å²) >= 11 is 3.24. The summed E-state index contributed by atoms with van der Waals surface area (Å²) in [6.45, 7) is 1.96. The third kappa shape index (κ3) is 2.09. The van der Waals surface area contributed by atoms with Crippen molar-refractivity contribution in [3.05, 3.63) is 17.5 Å². The summed E-state index contributed by atoms with van der Waals surface area (Å²) < 4.78 is 1.77. The van der Waals surface area contributed by atoms with Crippen molar-refractivity contribution in [2.75, 3.05) is 5.33 Å². The minimum atomic E-state index is 0.710. The molecule has 11 heavy (non-hydrogen) atoms. The molecule has 3 heteroatoms. The molecule has 0 spiro atoms. The molecular formula is C8H9BrN2. The fourth-order valence-electron chi connectivity index (χ4n) is 0.851. The van der Waals surface area contributed by atoms with Crippen molar-refractivity contribution in [2.24, 2.45) is 7.05 Å². The fraction of sp³-hybridized carbons (Fsp3) is 0.375. The minimum absolute atomic E-state index is 0.710. The van der Waals surface area contributed by atoms with Gasteiger partial charge in [0.1, 0.15) is 0 Å². The Labute approximate surface area is 74.7 Å². The highest BCUT2D eigenvalue weighted by Gasteiger charge is 1.96. The summed E-state index contributed by atoms with van der Waals surface area (Å²) in [5, 5.41) is 4.87. The van der Waals surface area contributed by atoms with Crippen molar-refractivity contribution < 1.29 is 0 Å². The first-order chi connectivity index (χ1) is 5.24. The summed E-state index contributed by atoms with van der Waals surface area (Å²) in [5.41, 5.74) is 1.99. The van der Waals surface area contributed by atoms with Gasteiger partial charge in [-0.1, -0.05) is 27.8 Å². The second-order valence-electron chi connectivity index (χ2n) is 2.24. The van der Waals surface area contributed by atoms with Crippen LogP contribution in [0.15, 0.2) is 6.20 Å². The van der Waals surface area contributed by atoms with Gasteiger partial charge in [-0.2, -0.15) is 5.10 Å². The molecule has 0 saturated carbocycles. The van der Waals surface area contributed by atoms with E-state index in [0.717, 1.165) is 11.3 Å². The topological polar surface area (TPSA) is 17.8 Å². The predicted octanol–water partition coefficient (Wildman–Crippen LogP) is 1.47. The van der Waals surface area contributed by atoms with E-state index < -0.39 is 0 Å². The Morgan fingerprint density at radius 2 is 2.45 bits per heavy atom. The average molecular weight is 213 g/mol. The molecule has 0 aliphatic heterocycles. The summed E-state index contributed by atoms with van der Waals surface area (Å²) in [7, 11) is 1.90. The lowest BCUT2D eigenvalue weighted by Gasteiger charge is -1.79. The molecule has 0 aliphatic rings. The van der Waals surface area contributed by atoms with Crippen molar-refractivity contribution >= 4 is 15.9 Å². The van der Waals surface area contributed by atoms with E-state index in [2.05, 4.69) is 32.9 Å². The van der Waals surface area contributed by atoms with Crippen molar-refractivity contribution in [3.63, 3.8) is 0 Å². The highest BCUT2D eigenvalue weighted by molar-refractivity contribution is 9.09. The normalized spacial score (nSPS) is 9.00. The smallest absolute Gasteiger partial charge is 0.0750 e. The molecule has 1 rings (SSSR count). The Balaban J connectivity index is 2.94. The molecule has 0 unspecified atom stereocenters. The van der Waals surface area contributed by atoms with Gasteiger partial charge in [-0.15, -0.1) is 0 Å². The van der Waals surface area contributed by atoms with Gasteiger partial charge in [0.15, 0.2) is 0 Å². The zero-order chi connectivity index (χ0) is 8.27. The molecule has 0 radical (unpaired) electrons. The lowest BCUT2D eigenvalue weighted by molar-refractivity contribution is 0.756. The van der Waals surface area contributed by atoms with E-state index in [1.807, 2.05) is 20.2 Å². The summed E-state index contributed by atoms with van der Waals surface area (Å²) in [5.74, 6) is 5.94. The molecule has 0 N–H and O–H groups in total. The summed E-state index contributed by atoms with van der Waals surface area (Å²) in [6.07, 6.45) is 1.92. The third-order valence-corrected chi connectivity index (χ3v) is 1.58. The van der Waals surface area contributed by atoms with E-state index in [1.54, 1.807) is 4.68 Å². The van der Waals surface area contributed by atoms with Crippen LogP contribution >= 0.6 is 15.9 Å². The van der Waals surface area contributed by atoms with Crippen LogP contribution in [0.2, 0.25) is 0 Å². The van der Waals surface area contributed by atoms with Gasteiger partial charge in [0, 0.05) is 13.2 Å². The van der Waals surface area contributed by atoms with E-state index in [4.69, 9.17) is 0 Å². The number of hydrogen-bond acceptors (Lipinski definition) is 1. The van der Waals surface area contributed by atoms with E-state index in [9.17, 15) is 0 Å². The van der Waals surface area contributed by atoms with Crippen molar-refractivity contribution in [3.8, 4) is 11.8 Å². The SMILES string of the molecule is Cc1nn(C)cc1C#CCBr. The van der Waals surface area contributed by atoms with Gasteiger partial charge in [0.05, 0.1) is 16.6 Å². The molecule has 0 fully saturated rings. The van der Waals surface area contributed by atoms with Crippen molar-refractivity contribution in [1.29, 1.82) is 0 Å². The monoisotopic (exact) mass is 212 g/mol. The number of aromatic nitrogens is 2.